The summed E-state index contributed by atoms with van der Waals surface area (Å²) in [6, 6.07) is 9.06. The smallest absolute Gasteiger partial charge is 0.275 e. The molecule has 6 rings (SSSR count). The van der Waals surface area contributed by atoms with Crippen LogP contribution in [0.4, 0.5) is 13.2 Å². The summed E-state index contributed by atoms with van der Waals surface area (Å²) in [6.07, 6.45) is 8.35. The number of hydrazine groups is 1. The number of benzene rings is 1. The van der Waals surface area contributed by atoms with Gasteiger partial charge in [-0.2, -0.15) is 13.2 Å². The monoisotopic (exact) mass is 634 g/mol. The Morgan fingerprint density at radius 3 is 2.41 bits per heavy atom. The molecule has 2 atom stereocenters. The van der Waals surface area contributed by atoms with E-state index in [1.807, 2.05) is 12.1 Å². The number of alkyl halides is 3. The first-order valence-corrected chi connectivity index (χ1v) is 17.3. The maximum absolute atomic E-state index is 14.2. The summed E-state index contributed by atoms with van der Waals surface area (Å²) in [5.74, 6) is 0.641. The van der Waals surface area contributed by atoms with Gasteiger partial charge >= 0.3 is 11.9 Å². The number of nitrogens with one attached hydrogen (secondary N) is 1. The van der Waals surface area contributed by atoms with Crippen LogP contribution in [0.1, 0.15) is 74.0 Å². The average molecular weight is 635 g/mol. The minimum absolute atomic E-state index is 0.0657. The lowest BCUT2D eigenvalue weighted by Crippen LogP contribution is -2.52. The molecule has 3 fully saturated rings. The molecule has 13 heteroatoms. The van der Waals surface area contributed by atoms with Gasteiger partial charge in [0, 0.05) is 37.9 Å². The highest BCUT2D eigenvalue weighted by Gasteiger charge is 2.45. The molecular formula is C31H41F3N6O3S. The molecule has 1 aliphatic heterocycles. The molecule has 3 aromatic rings. The topological polar surface area (TPSA) is 82.3 Å². The Balaban J connectivity index is 1.41. The minimum atomic E-state index is -4.75. The summed E-state index contributed by atoms with van der Waals surface area (Å²) in [7, 11) is -0.216. The van der Waals surface area contributed by atoms with Crippen LogP contribution in [0.5, 0.6) is 0 Å². The fourth-order valence-electron chi connectivity index (χ4n) is 7.23. The number of hydrogen-bond donors (Lipinski definition) is 1. The molecule has 240 valence electrons. The second-order valence-electron chi connectivity index (χ2n) is 12.8. The molecule has 0 bridgehead atoms. The number of pyridine rings is 1. The zero-order valence-corrected chi connectivity index (χ0v) is 26.2. The van der Waals surface area contributed by atoms with Gasteiger partial charge in [-0.05, 0) is 68.0 Å². The van der Waals surface area contributed by atoms with E-state index in [-0.39, 0.29) is 29.7 Å². The van der Waals surface area contributed by atoms with Gasteiger partial charge in [0.1, 0.15) is 0 Å². The normalized spacial score (nSPS) is 22.2. The fraction of sp³-hybridized carbons (Fsp3) is 0.581. The van der Waals surface area contributed by atoms with Crippen molar-refractivity contribution in [2.24, 2.45) is 5.92 Å². The predicted octanol–water partition coefficient (Wildman–Crippen LogP) is 4.75. The molecule has 9 nitrogen and oxygen atoms in total. The Morgan fingerprint density at radius 1 is 1.05 bits per heavy atom. The molecule has 1 unspecified atom stereocenters. The van der Waals surface area contributed by atoms with Crippen molar-refractivity contribution in [1.29, 1.82) is 0 Å². The minimum Gasteiger partial charge on any atom is -0.275 e. The van der Waals surface area contributed by atoms with Crippen molar-refractivity contribution in [3.8, 4) is 5.69 Å². The maximum Gasteiger partial charge on any atom is 0.418 e. The third-order valence-electron chi connectivity index (χ3n) is 9.82. The van der Waals surface area contributed by atoms with Gasteiger partial charge in [-0.25, -0.2) is 28.0 Å². The molecule has 3 aliphatic rings. The predicted molar refractivity (Wildman–Crippen MR) is 163 cm³/mol. The number of aromatic nitrogens is 2. The van der Waals surface area contributed by atoms with Gasteiger partial charge in [0.05, 0.1) is 35.9 Å². The Morgan fingerprint density at radius 2 is 1.77 bits per heavy atom. The second-order valence-corrected chi connectivity index (χ2v) is 14.9. The summed E-state index contributed by atoms with van der Waals surface area (Å²) in [6.45, 7) is 0.458. The van der Waals surface area contributed by atoms with E-state index in [1.54, 1.807) is 6.07 Å². The van der Waals surface area contributed by atoms with Crippen LogP contribution >= 0.6 is 0 Å². The van der Waals surface area contributed by atoms with Gasteiger partial charge in [-0.1, -0.05) is 37.8 Å². The Hall–Kier alpha value is -2.71. The molecule has 2 aliphatic carbocycles. The zero-order chi connectivity index (χ0) is 31.4. The van der Waals surface area contributed by atoms with Crippen LogP contribution in [0.25, 0.3) is 11.2 Å². The molecule has 44 heavy (non-hydrogen) atoms. The van der Waals surface area contributed by atoms with Crippen molar-refractivity contribution in [2.45, 2.75) is 82.2 Å². The molecular weight excluding hydrogens is 593 g/mol. The highest BCUT2D eigenvalue weighted by atomic mass is 32.2. The zero-order valence-electron chi connectivity index (χ0n) is 25.4. The lowest BCUT2D eigenvalue weighted by Gasteiger charge is -2.45. The van der Waals surface area contributed by atoms with Crippen molar-refractivity contribution >= 4 is 15.5 Å². The van der Waals surface area contributed by atoms with Gasteiger partial charge in [-0.15, -0.1) is 0 Å². The van der Waals surface area contributed by atoms with Crippen LogP contribution in [-0.4, -0.2) is 70.8 Å². The Kier molecular flexibility index (Phi) is 8.46. The van der Waals surface area contributed by atoms with Crippen molar-refractivity contribution in [1.82, 2.24) is 28.6 Å². The number of imidazole rings is 1. The van der Waals surface area contributed by atoms with Gasteiger partial charge in [0.15, 0.2) is 0 Å². The number of rotatable bonds is 8. The number of nitrogens with zero attached hydrogens (tertiary/aromatic N) is 5. The van der Waals surface area contributed by atoms with E-state index in [0.29, 0.717) is 17.6 Å². The third kappa shape index (κ3) is 5.96. The summed E-state index contributed by atoms with van der Waals surface area (Å²) in [5.41, 5.74) is 3.38. The van der Waals surface area contributed by atoms with E-state index in [1.165, 1.54) is 49.7 Å². The van der Waals surface area contributed by atoms with Crippen LogP contribution in [0.3, 0.4) is 0 Å². The van der Waals surface area contributed by atoms with Gasteiger partial charge < -0.3 is 0 Å². The Labute approximate surface area is 256 Å². The Bertz CT molecular complexity index is 1680. The van der Waals surface area contributed by atoms with E-state index in [0.717, 1.165) is 58.9 Å². The van der Waals surface area contributed by atoms with Crippen molar-refractivity contribution in [2.75, 3.05) is 27.0 Å². The molecule has 1 aromatic carbocycles. The first-order chi connectivity index (χ1) is 20.8. The largest absolute Gasteiger partial charge is 0.418 e. The number of hydrogen-bond acceptors (Lipinski definition) is 6. The van der Waals surface area contributed by atoms with Gasteiger partial charge in [-0.3, -0.25) is 13.9 Å². The summed E-state index contributed by atoms with van der Waals surface area (Å²) >= 11 is 0. The summed E-state index contributed by atoms with van der Waals surface area (Å²) < 4.78 is 69.8. The van der Waals surface area contributed by atoms with Crippen molar-refractivity contribution in [3.63, 3.8) is 0 Å². The average Bonchev–Trinajstić information content (AvgIpc) is 3.49. The first kappa shape index (κ1) is 31.3. The lowest BCUT2D eigenvalue weighted by molar-refractivity contribution is -0.136. The van der Waals surface area contributed by atoms with Crippen LogP contribution in [0, 0.1) is 5.92 Å². The third-order valence-corrected chi connectivity index (χ3v) is 11.1. The number of halogens is 3. The van der Waals surface area contributed by atoms with E-state index in [4.69, 9.17) is 0 Å². The standard InChI is InChI=1S/C31H41F3N6O3S/c1-36-20-35-40(24-12-5-4-6-13-24)29(36)28(22-9-7-10-22)23-11-8-14-25(16-23)38-19-27-26(31(32,33)34)15-21(18-39(27)30(38)41)17-37(2)44(3,42)43/h8,11,14-16,18-19,22,24,28-29,35H,4-7,9-10,12-13,17,20H2,1-3H3/t28-,29?/m1/s1. The molecule has 1 N–H and O–H groups in total. The van der Waals surface area contributed by atoms with Crippen LogP contribution in [0.2, 0.25) is 0 Å². The van der Waals surface area contributed by atoms with Gasteiger partial charge in [0.2, 0.25) is 10.0 Å². The van der Waals surface area contributed by atoms with E-state index in [9.17, 15) is 26.4 Å². The summed E-state index contributed by atoms with van der Waals surface area (Å²) in [5, 5.41) is 2.46. The number of sulfonamides is 1. The lowest BCUT2D eigenvalue weighted by atomic mass is 9.71. The van der Waals surface area contributed by atoms with E-state index < -0.39 is 27.5 Å². The second kappa shape index (κ2) is 11.9. The highest BCUT2D eigenvalue weighted by molar-refractivity contribution is 7.88. The van der Waals surface area contributed by atoms with E-state index in [2.05, 4.69) is 28.4 Å². The van der Waals surface area contributed by atoms with E-state index >= 15 is 0 Å². The first-order valence-electron chi connectivity index (χ1n) is 15.4. The fourth-order valence-corrected chi connectivity index (χ4v) is 7.61. The van der Waals surface area contributed by atoms with Crippen molar-refractivity contribution in [3.05, 3.63) is 69.9 Å². The molecule has 2 aromatic heterocycles. The molecule has 0 amide bonds. The molecule has 0 spiro atoms. The number of fused-ring (bicyclic) bond motifs is 1. The molecule has 3 heterocycles. The van der Waals surface area contributed by atoms with Crippen LogP contribution < -0.4 is 11.1 Å². The highest BCUT2D eigenvalue weighted by Crippen LogP contribution is 2.45. The molecule has 0 radical (unpaired) electrons. The molecule has 1 saturated heterocycles. The van der Waals surface area contributed by atoms with Crippen molar-refractivity contribution < 1.29 is 21.6 Å². The van der Waals surface area contributed by atoms with Gasteiger partial charge in [0.25, 0.3) is 0 Å². The quantitative estimate of drug-likeness (QED) is 0.385. The SMILES string of the molecule is CN1CNN(C2CCCCC2)C1[C@@H](c1cccc(-n2cc3c(C(F)(F)F)cc(CN(C)S(C)(=O)=O)cn3c2=O)c1)C1CCC1. The molecule has 2 saturated carbocycles. The number of likely N-dealkylation sites (N-methyl/N-ethyl adjacent to an activating group) is 1. The van der Waals surface area contributed by atoms with Crippen LogP contribution in [-0.2, 0) is 22.7 Å². The maximum atomic E-state index is 14.2. The summed E-state index contributed by atoms with van der Waals surface area (Å²) in [4.78, 5) is 16.0. The van der Waals surface area contributed by atoms with Crippen LogP contribution in [0.15, 0.2) is 47.5 Å².